The van der Waals surface area contributed by atoms with Crippen LogP contribution in [0.1, 0.15) is 18.6 Å². The van der Waals surface area contributed by atoms with Crippen molar-refractivity contribution in [1.82, 2.24) is 10.1 Å². The van der Waals surface area contributed by atoms with Crippen molar-refractivity contribution < 1.29 is 18.8 Å². The molecule has 1 aliphatic rings. The molecule has 0 unspecified atom stereocenters. The summed E-state index contributed by atoms with van der Waals surface area (Å²) >= 11 is 0. The van der Waals surface area contributed by atoms with E-state index < -0.39 is 6.04 Å². The van der Waals surface area contributed by atoms with Crippen molar-refractivity contribution >= 4 is 17.5 Å². The van der Waals surface area contributed by atoms with Crippen LogP contribution in [0.25, 0.3) is 0 Å². The van der Waals surface area contributed by atoms with E-state index in [2.05, 4.69) is 10.5 Å². The van der Waals surface area contributed by atoms with Crippen LogP contribution < -0.4 is 10.1 Å². The first kappa shape index (κ1) is 16.0. The van der Waals surface area contributed by atoms with Gasteiger partial charge in [0, 0.05) is 18.3 Å². The van der Waals surface area contributed by atoms with E-state index >= 15 is 0 Å². The fourth-order valence-corrected chi connectivity index (χ4v) is 2.72. The Hall–Kier alpha value is -2.83. The van der Waals surface area contributed by atoms with Gasteiger partial charge < -0.3 is 19.5 Å². The monoisotopic (exact) mass is 329 g/mol. The average Bonchev–Trinajstić information content (AvgIpc) is 3.22. The normalized spacial score (nSPS) is 16.9. The van der Waals surface area contributed by atoms with Crippen molar-refractivity contribution in [3.8, 4) is 5.88 Å². The highest BCUT2D eigenvalue weighted by atomic mass is 16.5. The quantitative estimate of drug-likeness (QED) is 0.907. The maximum atomic E-state index is 12.4. The first-order chi connectivity index (χ1) is 11.6. The SMILES string of the molecule is Cc1cc(OCC(=O)N2CCC[C@@H]2C(=O)Nc2ccccc2)no1. The van der Waals surface area contributed by atoms with Crippen LogP contribution in [0.4, 0.5) is 5.69 Å². The Morgan fingerprint density at radius 3 is 2.88 bits per heavy atom. The lowest BCUT2D eigenvalue weighted by atomic mass is 10.2. The van der Waals surface area contributed by atoms with Crippen LogP contribution in [-0.2, 0) is 9.59 Å². The fourth-order valence-electron chi connectivity index (χ4n) is 2.72. The van der Waals surface area contributed by atoms with Gasteiger partial charge in [0.25, 0.3) is 11.8 Å². The molecule has 3 rings (SSSR count). The van der Waals surface area contributed by atoms with Gasteiger partial charge >= 0.3 is 0 Å². The summed E-state index contributed by atoms with van der Waals surface area (Å²) < 4.78 is 10.2. The molecule has 7 heteroatoms. The third-order valence-corrected chi connectivity index (χ3v) is 3.87. The zero-order valence-corrected chi connectivity index (χ0v) is 13.4. The lowest BCUT2D eigenvalue weighted by Gasteiger charge is -2.23. The second kappa shape index (κ2) is 7.16. The third kappa shape index (κ3) is 3.73. The van der Waals surface area contributed by atoms with E-state index in [0.29, 0.717) is 18.7 Å². The number of aryl methyl sites for hydroxylation is 1. The number of benzene rings is 1. The number of ether oxygens (including phenoxy) is 1. The van der Waals surface area contributed by atoms with Gasteiger partial charge in [-0.05, 0) is 37.1 Å². The van der Waals surface area contributed by atoms with Gasteiger partial charge in [0.1, 0.15) is 11.8 Å². The van der Waals surface area contributed by atoms with Crippen LogP contribution in [0, 0.1) is 6.92 Å². The number of nitrogens with one attached hydrogen (secondary N) is 1. The molecule has 1 N–H and O–H groups in total. The van der Waals surface area contributed by atoms with Gasteiger partial charge in [0.05, 0.1) is 0 Å². The molecule has 0 bridgehead atoms. The Bertz CT molecular complexity index is 714. The number of anilines is 1. The number of nitrogens with zero attached hydrogens (tertiary/aromatic N) is 2. The van der Waals surface area contributed by atoms with E-state index in [1.807, 2.05) is 30.3 Å². The summed E-state index contributed by atoms with van der Waals surface area (Å²) in [6.45, 7) is 2.13. The Morgan fingerprint density at radius 2 is 2.17 bits per heavy atom. The number of amides is 2. The Balaban J connectivity index is 1.57. The molecule has 0 saturated carbocycles. The summed E-state index contributed by atoms with van der Waals surface area (Å²) in [7, 11) is 0. The number of para-hydroxylation sites is 1. The van der Waals surface area contributed by atoms with Gasteiger partial charge in [-0.15, -0.1) is 0 Å². The first-order valence-corrected chi connectivity index (χ1v) is 7.85. The lowest BCUT2D eigenvalue weighted by molar-refractivity contribution is -0.138. The highest BCUT2D eigenvalue weighted by Gasteiger charge is 2.34. The summed E-state index contributed by atoms with van der Waals surface area (Å²) in [6.07, 6.45) is 1.44. The van der Waals surface area contributed by atoms with E-state index in [1.54, 1.807) is 17.9 Å². The van der Waals surface area contributed by atoms with E-state index in [-0.39, 0.29) is 24.3 Å². The second-order valence-corrected chi connectivity index (χ2v) is 5.66. The molecule has 24 heavy (non-hydrogen) atoms. The topological polar surface area (TPSA) is 84.7 Å². The molecule has 126 valence electrons. The molecular formula is C17H19N3O4. The molecule has 2 aromatic rings. The minimum Gasteiger partial charge on any atom is -0.465 e. The molecule has 2 heterocycles. The Labute approximate surface area is 139 Å². The van der Waals surface area contributed by atoms with E-state index in [0.717, 1.165) is 12.1 Å². The number of likely N-dealkylation sites (tertiary alicyclic amines) is 1. The smallest absolute Gasteiger partial charge is 0.261 e. The van der Waals surface area contributed by atoms with Gasteiger partial charge in [-0.25, -0.2) is 0 Å². The van der Waals surface area contributed by atoms with Crippen molar-refractivity contribution in [2.24, 2.45) is 0 Å². The number of hydrogen-bond acceptors (Lipinski definition) is 5. The largest absolute Gasteiger partial charge is 0.465 e. The highest BCUT2D eigenvalue weighted by molar-refractivity contribution is 5.97. The minimum absolute atomic E-state index is 0.166. The maximum absolute atomic E-state index is 12.4. The Kier molecular flexibility index (Phi) is 4.79. The lowest BCUT2D eigenvalue weighted by Crippen LogP contribution is -2.45. The number of aromatic nitrogens is 1. The van der Waals surface area contributed by atoms with Crippen LogP contribution >= 0.6 is 0 Å². The predicted molar refractivity (Wildman–Crippen MR) is 86.5 cm³/mol. The fraction of sp³-hybridized carbons (Fsp3) is 0.353. The highest BCUT2D eigenvalue weighted by Crippen LogP contribution is 2.20. The van der Waals surface area contributed by atoms with Crippen molar-refractivity contribution in [2.45, 2.75) is 25.8 Å². The molecular weight excluding hydrogens is 310 g/mol. The number of carbonyl (C=O) groups is 2. The molecule has 1 aromatic heterocycles. The van der Waals surface area contributed by atoms with E-state index in [9.17, 15) is 9.59 Å². The third-order valence-electron chi connectivity index (χ3n) is 3.87. The van der Waals surface area contributed by atoms with Crippen LogP contribution in [0.15, 0.2) is 40.9 Å². The second-order valence-electron chi connectivity index (χ2n) is 5.66. The summed E-state index contributed by atoms with van der Waals surface area (Å²) in [6, 6.07) is 10.3. The van der Waals surface area contributed by atoms with Crippen molar-refractivity contribution in [3.63, 3.8) is 0 Å². The number of rotatable bonds is 5. The summed E-state index contributed by atoms with van der Waals surface area (Å²) in [4.78, 5) is 26.4. The molecule has 2 amide bonds. The van der Waals surface area contributed by atoms with Crippen LogP contribution in [0.3, 0.4) is 0 Å². The zero-order chi connectivity index (χ0) is 16.9. The van der Waals surface area contributed by atoms with E-state index in [1.165, 1.54) is 0 Å². The van der Waals surface area contributed by atoms with Gasteiger partial charge in [-0.3, -0.25) is 9.59 Å². The molecule has 1 aliphatic heterocycles. The summed E-state index contributed by atoms with van der Waals surface area (Å²) in [5, 5.41) is 6.52. The minimum atomic E-state index is -0.472. The van der Waals surface area contributed by atoms with E-state index in [4.69, 9.17) is 9.26 Å². The molecule has 0 radical (unpaired) electrons. The molecule has 1 fully saturated rings. The van der Waals surface area contributed by atoms with Gasteiger partial charge in [0.15, 0.2) is 6.61 Å². The van der Waals surface area contributed by atoms with Crippen LogP contribution in [0.2, 0.25) is 0 Å². The summed E-state index contributed by atoms with van der Waals surface area (Å²) in [5.74, 6) is 0.467. The standard InChI is InChI=1S/C17H19N3O4/c1-12-10-15(19-24-12)23-11-16(21)20-9-5-8-14(20)17(22)18-13-6-3-2-4-7-13/h2-4,6-7,10,14H,5,8-9,11H2,1H3,(H,18,22)/t14-/m1/s1. The molecule has 7 nitrogen and oxygen atoms in total. The maximum Gasteiger partial charge on any atom is 0.261 e. The zero-order valence-electron chi connectivity index (χ0n) is 13.4. The number of carbonyl (C=O) groups excluding carboxylic acids is 2. The molecule has 0 aliphatic carbocycles. The number of hydrogen-bond donors (Lipinski definition) is 1. The van der Waals surface area contributed by atoms with Gasteiger partial charge in [-0.1, -0.05) is 18.2 Å². The van der Waals surface area contributed by atoms with Crippen LogP contribution in [-0.4, -0.2) is 41.1 Å². The molecule has 1 atom stereocenters. The molecule has 1 aromatic carbocycles. The van der Waals surface area contributed by atoms with Gasteiger partial charge in [-0.2, -0.15) is 0 Å². The van der Waals surface area contributed by atoms with Crippen molar-refractivity contribution in [3.05, 3.63) is 42.2 Å². The Morgan fingerprint density at radius 1 is 1.38 bits per heavy atom. The van der Waals surface area contributed by atoms with Gasteiger partial charge in [0.2, 0.25) is 5.91 Å². The first-order valence-electron chi connectivity index (χ1n) is 7.85. The predicted octanol–water partition coefficient (Wildman–Crippen LogP) is 1.99. The summed E-state index contributed by atoms with van der Waals surface area (Å²) in [5.41, 5.74) is 0.719. The average molecular weight is 329 g/mol. The molecule has 0 spiro atoms. The molecule has 1 saturated heterocycles. The van der Waals surface area contributed by atoms with Crippen molar-refractivity contribution in [1.29, 1.82) is 0 Å². The van der Waals surface area contributed by atoms with Crippen LogP contribution in [0.5, 0.6) is 5.88 Å². The van der Waals surface area contributed by atoms with Crippen molar-refractivity contribution in [2.75, 3.05) is 18.5 Å².